The second-order valence-corrected chi connectivity index (χ2v) is 8.82. The summed E-state index contributed by atoms with van der Waals surface area (Å²) in [4.78, 5) is 25.6. The maximum absolute atomic E-state index is 12.9. The van der Waals surface area contributed by atoms with Crippen LogP contribution in [0.25, 0.3) is 0 Å². The van der Waals surface area contributed by atoms with Gasteiger partial charge in [0, 0.05) is 26.2 Å². The predicted molar refractivity (Wildman–Crippen MR) is 111 cm³/mol. The van der Waals surface area contributed by atoms with E-state index in [9.17, 15) is 4.79 Å². The minimum atomic E-state index is -0.0749. The van der Waals surface area contributed by atoms with Gasteiger partial charge in [0.15, 0.2) is 5.69 Å². The first-order valence-corrected chi connectivity index (χ1v) is 10.4. The van der Waals surface area contributed by atoms with E-state index in [1.165, 1.54) is 18.2 Å². The van der Waals surface area contributed by atoms with Crippen LogP contribution in [-0.2, 0) is 0 Å². The summed E-state index contributed by atoms with van der Waals surface area (Å²) in [7, 11) is 2.22. The number of likely N-dealkylation sites (N-methyl/N-ethyl adjacent to an activating group) is 1. The number of likely N-dealkylation sites (tertiary alicyclic amines) is 2. The molecule has 148 valence electrons. The molecule has 0 unspecified atom stereocenters. The molecule has 0 bridgehead atoms. The molecule has 4 rings (SSSR count). The minimum absolute atomic E-state index is 0.0749. The van der Waals surface area contributed by atoms with E-state index in [1.807, 2.05) is 4.90 Å². The number of benzene rings is 1. The monoisotopic (exact) mass is 398 g/mol. The summed E-state index contributed by atoms with van der Waals surface area (Å²) in [6, 6.07) is 10.8. The molecule has 28 heavy (non-hydrogen) atoms. The number of halogens is 1. The summed E-state index contributed by atoms with van der Waals surface area (Å²) in [5.74, 6) is 1.05. The fraction of sp³-hybridized carbons (Fsp3) is 0.500. The Hall–Kier alpha value is -1.98. The number of piperidine rings is 2. The van der Waals surface area contributed by atoms with Crippen LogP contribution in [0, 0.1) is 12.3 Å². The topological polar surface area (TPSA) is 49.3 Å². The van der Waals surface area contributed by atoms with E-state index in [4.69, 9.17) is 11.6 Å². The number of aromatic nitrogens is 2. The lowest BCUT2D eigenvalue weighted by Crippen LogP contribution is -2.51. The Morgan fingerprint density at radius 3 is 2.64 bits per heavy atom. The zero-order valence-electron chi connectivity index (χ0n) is 16.6. The molecule has 1 spiro atoms. The van der Waals surface area contributed by atoms with Crippen molar-refractivity contribution in [2.75, 3.05) is 33.2 Å². The van der Waals surface area contributed by atoms with E-state index in [0.29, 0.717) is 22.5 Å². The molecule has 2 fully saturated rings. The lowest BCUT2D eigenvalue weighted by molar-refractivity contribution is 0.0222. The van der Waals surface area contributed by atoms with E-state index in [2.05, 4.69) is 52.2 Å². The van der Waals surface area contributed by atoms with Gasteiger partial charge < -0.3 is 9.80 Å². The molecule has 0 radical (unpaired) electrons. The molecule has 0 N–H and O–H groups in total. The van der Waals surface area contributed by atoms with Gasteiger partial charge in [0.05, 0.1) is 11.2 Å². The molecule has 0 saturated carbocycles. The van der Waals surface area contributed by atoms with Gasteiger partial charge >= 0.3 is 0 Å². The van der Waals surface area contributed by atoms with Gasteiger partial charge in [-0.05, 0) is 50.1 Å². The number of carbonyl (C=O) groups excluding carboxylic acids is 1. The highest BCUT2D eigenvalue weighted by Gasteiger charge is 2.42. The van der Waals surface area contributed by atoms with Crippen LogP contribution in [0.3, 0.4) is 0 Å². The summed E-state index contributed by atoms with van der Waals surface area (Å²) >= 11 is 6.18. The van der Waals surface area contributed by atoms with Crippen LogP contribution in [0.15, 0.2) is 36.5 Å². The molecule has 6 heteroatoms. The highest BCUT2D eigenvalue weighted by molar-refractivity contribution is 6.33. The van der Waals surface area contributed by atoms with E-state index in [-0.39, 0.29) is 11.3 Å². The number of rotatable bonds is 2. The van der Waals surface area contributed by atoms with Crippen molar-refractivity contribution in [1.82, 2.24) is 19.8 Å². The summed E-state index contributed by atoms with van der Waals surface area (Å²) in [5, 5.41) is 0.331. The van der Waals surface area contributed by atoms with Gasteiger partial charge in [0.25, 0.3) is 5.91 Å². The van der Waals surface area contributed by atoms with Gasteiger partial charge in [-0.3, -0.25) is 4.79 Å². The van der Waals surface area contributed by atoms with E-state index in [1.54, 1.807) is 6.92 Å². The lowest BCUT2D eigenvalue weighted by Gasteiger charge is -2.49. The van der Waals surface area contributed by atoms with Crippen molar-refractivity contribution in [3.05, 3.63) is 58.6 Å². The van der Waals surface area contributed by atoms with Gasteiger partial charge in [0.2, 0.25) is 0 Å². The van der Waals surface area contributed by atoms with Crippen LogP contribution in [0.2, 0.25) is 5.02 Å². The Bertz CT molecular complexity index is 849. The molecular weight excluding hydrogens is 372 g/mol. The van der Waals surface area contributed by atoms with E-state index < -0.39 is 0 Å². The smallest absolute Gasteiger partial charge is 0.274 e. The zero-order chi connectivity index (χ0) is 19.7. The average Bonchev–Trinajstić information content (AvgIpc) is 2.70. The Kier molecular flexibility index (Phi) is 5.39. The van der Waals surface area contributed by atoms with E-state index in [0.717, 1.165) is 39.0 Å². The highest BCUT2D eigenvalue weighted by atomic mass is 35.5. The third-order valence-electron chi connectivity index (χ3n) is 6.27. The SMILES string of the molecule is Cc1ncc(Cl)c(C(=O)N2CCC3(CC2)C[C@@H](c2ccccc2)CN(C)C3)n1. The summed E-state index contributed by atoms with van der Waals surface area (Å²) in [6.45, 7) is 5.50. The molecule has 0 aliphatic carbocycles. The molecule has 2 aromatic rings. The highest BCUT2D eigenvalue weighted by Crippen LogP contribution is 2.44. The van der Waals surface area contributed by atoms with Gasteiger partial charge in [0.1, 0.15) is 5.82 Å². The number of hydrogen-bond donors (Lipinski definition) is 0. The Balaban J connectivity index is 1.46. The Morgan fingerprint density at radius 2 is 1.93 bits per heavy atom. The normalized spacial score (nSPS) is 22.4. The molecule has 5 nitrogen and oxygen atoms in total. The fourth-order valence-corrected chi connectivity index (χ4v) is 5.09. The van der Waals surface area contributed by atoms with Crippen LogP contribution < -0.4 is 0 Å². The Morgan fingerprint density at radius 1 is 1.21 bits per heavy atom. The Labute approximate surface area is 171 Å². The van der Waals surface area contributed by atoms with Crippen molar-refractivity contribution in [1.29, 1.82) is 0 Å². The van der Waals surface area contributed by atoms with Gasteiger partial charge in [-0.2, -0.15) is 0 Å². The van der Waals surface area contributed by atoms with Gasteiger partial charge in [-0.1, -0.05) is 41.9 Å². The quantitative estimate of drug-likeness (QED) is 0.772. The lowest BCUT2D eigenvalue weighted by atomic mass is 9.68. The molecule has 2 aliphatic rings. The predicted octanol–water partition coefficient (Wildman–Crippen LogP) is 3.78. The minimum Gasteiger partial charge on any atom is -0.337 e. The second-order valence-electron chi connectivity index (χ2n) is 8.41. The maximum atomic E-state index is 12.9. The van der Waals surface area contributed by atoms with Crippen molar-refractivity contribution in [3.63, 3.8) is 0 Å². The zero-order valence-corrected chi connectivity index (χ0v) is 17.3. The van der Waals surface area contributed by atoms with Gasteiger partial charge in [-0.25, -0.2) is 9.97 Å². The largest absolute Gasteiger partial charge is 0.337 e. The number of amides is 1. The number of carbonyl (C=O) groups is 1. The van der Waals surface area contributed by atoms with Crippen LogP contribution >= 0.6 is 11.6 Å². The van der Waals surface area contributed by atoms with Crippen LogP contribution in [-0.4, -0.2) is 58.9 Å². The first kappa shape index (κ1) is 19.3. The van der Waals surface area contributed by atoms with Gasteiger partial charge in [-0.15, -0.1) is 0 Å². The standard InChI is InChI=1S/C22H27ClN4O/c1-16-24-13-19(23)20(25-16)21(28)27-10-8-22(9-11-27)12-18(14-26(2)15-22)17-6-4-3-5-7-17/h3-7,13,18H,8-12,14-15H2,1-2H3/t18-/m1/s1. The number of aryl methyl sites for hydroxylation is 1. The van der Waals surface area contributed by atoms with Crippen molar-refractivity contribution in [2.45, 2.75) is 32.1 Å². The molecule has 1 atom stereocenters. The van der Waals surface area contributed by atoms with Crippen LogP contribution in [0.5, 0.6) is 0 Å². The van der Waals surface area contributed by atoms with Crippen molar-refractivity contribution in [2.24, 2.45) is 5.41 Å². The second kappa shape index (κ2) is 7.80. The molecule has 1 aromatic carbocycles. The molecule has 2 saturated heterocycles. The average molecular weight is 399 g/mol. The first-order chi connectivity index (χ1) is 13.5. The first-order valence-electron chi connectivity index (χ1n) is 9.98. The summed E-state index contributed by atoms with van der Waals surface area (Å²) in [5.41, 5.74) is 2.03. The molecule has 3 heterocycles. The number of nitrogens with zero attached hydrogens (tertiary/aromatic N) is 4. The van der Waals surface area contributed by atoms with Crippen molar-refractivity contribution in [3.8, 4) is 0 Å². The third-order valence-corrected chi connectivity index (χ3v) is 6.54. The summed E-state index contributed by atoms with van der Waals surface area (Å²) < 4.78 is 0. The van der Waals surface area contributed by atoms with Crippen LogP contribution in [0.1, 0.15) is 47.1 Å². The fourth-order valence-electron chi connectivity index (χ4n) is 4.92. The van der Waals surface area contributed by atoms with Crippen molar-refractivity contribution >= 4 is 17.5 Å². The molecular formula is C22H27ClN4O. The molecule has 2 aliphatic heterocycles. The van der Waals surface area contributed by atoms with Crippen molar-refractivity contribution < 1.29 is 4.79 Å². The number of hydrogen-bond acceptors (Lipinski definition) is 4. The third kappa shape index (κ3) is 3.91. The summed E-state index contributed by atoms with van der Waals surface area (Å²) in [6.07, 6.45) is 4.75. The maximum Gasteiger partial charge on any atom is 0.274 e. The molecule has 1 amide bonds. The van der Waals surface area contributed by atoms with Crippen LogP contribution in [0.4, 0.5) is 0 Å². The van der Waals surface area contributed by atoms with E-state index >= 15 is 0 Å². The molecule has 1 aromatic heterocycles.